The maximum absolute atomic E-state index is 14.7. The number of aryl methyl sites for hydroxylation is 1. The van der Waals surface area contributed by atoms with Crippen LogP contribution in [0.2, 0.25) is 15.1 Å². The number of nitrogen functional groups attached to an aromatic ring is 2. The zero-order valence-corrected chi connectivity index (χ0v) is 78.0. The SMILES string of the molecule is Cn1cc2cc(-c3ccc4nc(N5CC[C@@H]6[C@H](C5)[C@@]6(CN)c5ccccc5F)cnc4n3)ccc2n1.NC[C@]1(c2cc(F)ccc2F)[C@@H]2CCN(c3cnc(Sc4ccnc(N)c4Cl)c(N)n3)C[C@@H]21.NC[C@]1(c2ccccc2F)[C@@H]2CCN(c3cnc4c(-c5ccc6ncn(C(F)F)c6c5)[nH]nc4n3)C[C@@H]21.NC[C@]1(c2ccccc2F)[C@@H]2CCN(c3nccn4c(-c5cccc(Cl)c5Cl)ncc34)C[C@@H]21. The number of nitrogens with one attached hydrogen (secondary N) is 1. The van der Waals surface area contributed by atoms with Crippen LogP contribution in [0.4, 0.5) is 65.6 Å². The molecule has 4 aliphatic heterocycles. The second-order valence-electron chi connectivity index (χ2n) is 37.0. The van der Waals surface area contributed by atoms with Gasteiger partial charge in [-0.3, -0.25) is 18.7 Å². The lowest BCUT2D eigenvalue weighted by Gasteiger charge is -2.27. The maximum Gasteiger partial charge on any atom is 0.320 e. The molecular weight excluding hydrogens is 1860 g/mol. The van der Waals surface area contributed by atoms with Crippen LogP contribution in [0.5, 0.6) is 0 Å². The number of hydrogen-bond acceptors (Lipinski definition) is 24. The Morgan fingerprint density at radius 3 is 1.65 bits per heavy atom. The molecule has 8 fully saturated rings. The normalized spacial score (nSPS) is 23.6. The number of alkyl halides is 2. The first-order valence-electron chi connectivity index (χ1n) is 46.0. The lowest BCUT2D eigenvalue weighted by atomic mass is 9.90. The van der Waals surface area contributed by atoms with Gasteiger partial charge in [-0.1, -0.05) is 119 Å². The topological polar surface area (TPSA) is 367 Å². The van der Waals surface area contributed by atoms with E-state index in [0.29, 0.717) is 162 Å². The summed E-state index contributed by atoms with van der Waals surface area (Å²) >= 11 is 20.2. The van der Waals surface area contributed by atoms with Crippen LogP contribution in [0.3, 0.4) is 0 Å². The molecule has 708 valence electrons. The molecule has 25 rings (SSSR count). The van der Waals surface area contributed by atoms with E-state index in [0.717, 1.165) is 137 Å². The van der Waals surface area contributed by atoms with Gasteiger partial charge < -0.3 is 54.0 Å². The molecule has 4 saturated heterocycles. The summed E-state index contributed by atoms with van der Waals surface area (Å²) < 4.78 is 104. The second kappa shape index (κ2) is 35.9. The third kappa shape index (κ3) is 15.5. The van der Waals surface area contributed by atoms with Crippen molar-refractivity contribution < 1.29 is 30.7 Å². The zero-order chi connectivity index (χ0) is 95.8. The number of aromatic amines is 1. The van der Waals surface area contributed by atoms with E-state index in [1.807, 2.05) is 108 Å². The van der Waals surface area contributed by atoms with E-state index in [4.69, 9.17) is 89.1 Å². The van der Waals surface area contributed by atoms with E-state index in [-0.39, 0.29) is 69.6 Å². The Morgan fingerprint density at radius 2 is 1.04 bits per heavy atom. The highest BCUT2D eigenvalue weighted by atomic mass is 35.5. The van der Waals surface area contributed by atoms with Gasteiger partial charge in [-0.25, -0.2) is 76.8 Å². The summed E-state index contributed by atoms with van der Waals surface area (Å²) in [6.07, 6.45) is 18.9. The predicted molar refractivity (Wildman–Crippen MR) is 525 cm³/mol. The first-order chi connectivity index (χ1) is 67.5. The van der Waals surface area contributed by atoms with Gasteiger partial charge in [0.15, 0.2) is 17.3 Å². The molecule has 0 bridgehead atoms. The van der Waals surface area contributed by atoms with Gasteiger partial charge in [-0.05, 0) is 186 Å². The van der Waals surface area contributed by atoms with Gasteiger partial charge in [-0.2, -0.15) is 19.0 Å². The van der Waals surface area contributed by atoms with Crippen molar-refractivity contribution in [3.05, 3.63) is 286 Å². The van der Waals surface area contributed by atoms with Crippen molar-refractivity contribution in [2.75, 3.05) is 110 Å². The van der Waals surface area contributed by atoms with E-state index in [2.05, 4.69) is 75.8 Å². The van der Waals surface area contributed by atoms with Gasteiger partial charge in [0, 0.05) is 159 Å². The van der Waals surface area contributed by atoms with Crippen molar-refractivity contribution in [2.45, 2.75) is 63.8 Å². The Balaban J connectivity index is 0.000000107. The number of nitrogens with zero attached hydrogens (tertiary/aromatic N) is 20. The predicted octanol–water partition coefficient (Wildman–Crippen LogP) is 17.0. The van der Waals surface area contributed by atoms with Crippen molar-refractivity contribution in [1.82, 2.24) is 83.8 Å². The third-order valence-corrected chi connectivity index (χ3v) is 33.0. The van der Waals surface area contributed by atoms with Crippen LogP contribution < -0.4 is 54.0 Å². The summed E-state index contributed by atoms with van der Waals surface area (Å²) in [5.74, 6) is 5.13. The Hall–Kier alpha value is -13.3. The smallest absolute Gasteiger partial charge is 0.320 e. The van der Waals surface area contributed by atoms with Crippen LogP contribution in [0, 0.1) is 76.4 Å². The first kappa shape index (κ1) is 90.9. The van der Waals surface area contributed by atoms with Crippen LogP contribution in [-0.4, -0.2) is 162 Å². The highest BCUT2D eigenvalue weighted by molar-refractivity contribution is 7.99. The molecule has 13 N–H and O–H groups in total. The number of nitrogens with two attached hydrogens (primary N) is 6. The molecule has 4 saturated carbocycles. The number of aromatic nitrogens is 17. The van der Waals surface area contributed by atoms with E-state index < -0.39 is 23.6 Å². The number of pyridine rings is 2. The number of fused-ring (bicyclic) bond motifs is 9. The second-order valence-corrected chi connectivity index (χ2v) is 39.2. The first-order valence-corrected chi connectivity index (χ1v) is 47.9. The maximum atomic E-state index is 14.7. The molecule has 7 aromatic carbocycles. The van der Waals surface area contributed by atoms with Crippen LogP contribution >= 0.6 is 46.6 Å². The number of imidazole rings is 2. The third-order valence-electron chi connectivity index (χ3n) is 30.6. The Kier molecular flexibility index (Phi) is 23.5. The zero-order valence-electron chi connectivity index (χ0n) is 74.9. The molecule has 8 aliphatic rings. The van der Waals surface area contributed by atoms with Crippen LogP contribution in [0.25, 0.3) is 83.7 Å². The van der Waals surface area contributed by atoms with Crippen molar-refractivity contribution in [3.63, 3.8) is 0 Å². The average Bonchev–Trinajstić information content (AvgIpc) is 1.54. The minimum Gasteiger partial charge on any atom is -0.382 e. The summed E-state index contributed by atoms with van der Waals surface area (Å²) in [5.41, 5.74) is 46.8. The summed E-state index contributed by atoms with van der Waals surface area (Å²) in [6.45, 7) is 4.94. The largest absolute Gasteiger partial charge is 0.382 e. The number of anilines is 6. The number of H-pyrrole nitrogens is 1. The van der Waals surface area contributed by atoms with E-state index in [1.165, 1.54) is 36.0 Å². The fraction of sp³-hybridized carbons (Fsp3) is 0.297. The number of rotatable bonds is 18. The van der Waals surface area contributed by atoms with Crippen LogP contribution in [0.1, 0.15) is 54.5 Å². The quantitative estimate of drug-likeness (QED) is 0.0392. The molecule has 12 atom stereocenters. The number of benzene rings is 7. The monoisotopic (exact) mass is 1950 g/mol. The summed E-state index contributed by atoms with van der Waals surface area (Å²) in [7, 11) is 1.92. The van der Waals surface area contributed by atoms with E-state index in [1.54, 1.807) is 85.6 Å². The number of piperidine rings is 4. The van der Waals surface area contributed by atoms with Gasteiger partial charge >= 0.3 is 6.55 Å². The summed E-state index contributed by atoms with van der Waals surface area (Å²) in [5, 5.41) is 14.6. The minimum absolute atomic E-state index is 0.100. The number of halogens is 10. The van der Waals surface area contributed by atoms with E-state index >= 15 is 0 Å². The van der Waals surface area contributed by atoms with Gasteiger partial charge in [0.1, 0.15) is 86.1 Å². The molecule has 27 nitrogen and oxygen atoms in total. The molecule has 4 aliphatic carbocycles. The van der Waals surface area contributed by atoms with Crippen molar-refractivity contribution in [2.24, 2.45) is 77.3 Å². The van der Waals surface area contributed by atoms with Crippen LogP contribution in [-0.2, 0) is 28.7 Å². The molecule has 17 aromatic rings. The summed E-state index contributed by atoms with van der Waals surface area (Å²) in [6, 6.07) is 47.1. The van der Waals surface area contributed by atoms with Gasteiger partial charge in [0.25, 0.3) is 0 Å². The van der Waals surface area contributed by atoms with Gasteiger partial charge in [0.2, 0.25) is 5.65 Å². The fourth-order valence-electron chi connectivity index (χ4n) is 23.6. The Labute approximate surface area is 811 Å². The molecule has 0 radical (unpaired) electrons. The highest BCUT2D eigenvalue weighted by Crippen LogP contribution is 2.67. The average molecular weight is 1960 g/mol. The van der Waals surface area contributed by atoms with Gasteiger partial charge in [-0.15, -0.1) is 0 Å². The molecule has 38 heteroatoms. The van der Waals surface area contributed by atoms with Crippen molar-refractivity contribution in [3.8, 4) is 33.9 Å². The standard InChI is InChI=1S/C28H26FN7.C26H23F3N8.C25H22Cl2FN5.C22H22ClF2N7S/c1-35-14-18-12-17(6-7-24(18)34-35)23-8-9-25-27(33-23)31-13-26(32-25)36-11-10-19-21(15-36)28(19,16-30)20-4-2-3-5-22(20)29;27-18-4-2-1-3-16(18)26(12-30)15-7-8-36(11-17(15)26)21-10-31-23-22(34-35-24(23)33-21)14-5-6-19-20(9-14)37(13-32-19)25(28)29;26-19-6-3-4-15(22(19)27)23-31-12-21-24(30-9-11-33(21)23)32-10-8-16-18(13-32)25(16,14-29)17-5-1-2-7-20(17)28;23-18-16(3-5-29-19(18)27)33-21-20(28)31-17(8-30-21)32-6-4-12-14(9-32)22(12,10-26)13-7-11(24)1-2-15(13)25/h2-9,12-14,19,21H,10-11,15-16,30H2,1H3;1-6,9-10,13,15,17,25H,7-8,11-12,30H2,(H,33,34,35);1-7,9,11-12,16,18H,8,10,13-14,29H2;1-3,5,7-8,12,14H,4,6,9-10,26H2,(H2,27,29)(H2,28,31)/t19-,21+,28-;15-,17+,26-;16-,18+,25-;12-,14+,22-/m1111/s1. The Bertz CT molecular complexity index is 7640. The lowest BCUT2D eigenvalue weighted by molar-refractivity contribution is 0.0746. The van der Waals surface area contributed by atoms with Crippen molar-refractivity contribution >= 4 is 131 Å². The van der Waals surface area contributed by atoms with Crippen molar-refractivity contribution in [1.29, 1.82) is 0 Å². The Morgan fingerprint density at radius 1 is 0.475 bits per heavy atom. The molecule has 0 amide bonds. The van der Waals surface area contributed by atoms with E-state index in [9.17, 15) is 30.7 Å². The molecule has 139 heavy (non-hydrogen) atoms. The molecule has 10 aromatic heterocycles. The van der Waals surface area contributed by atoms with Gasteiger partial charge in [0.05, 0.1) is 67.8 Å². The fourth-order valence-corrected chi connectivity index (χ4v) is 25.0. The summed E-state index contributed by atoms with van der Waals surface area (Å²) in [4.78, 5) is 59.5. The molecule has 0 spiro atoms. The number of hydrogen-bond donors (Lipinski definition) is 7. The molecule has 14 heterocycles. The van der Waals surface area contributed by atoms with Crippen LogP contribution in [0.15, 0.2) is 230 Å². The minimum atomic E-state index is -2.69. The molecule has 0 unspecified atom stereocenters. The molecular formula is C101H93Cl3F7N27S. The highest BCUT2D eigenvalue weighted by Gasteiger charge is 2.70. The lowest BCUT2D eigenvalue weighted by Crippen LogP contribution is -2.33.